The average Bonchev–Trinajstić information content (AvgIpc) is 3.06. The number of nitrogens with one attached hydrogen (secondary N) is 2. The molecule has 1 aromatic carbocycles. The molecule has 0 aliphatic carbocycles. The van der Waals surface area contributed by atoms with Crippen molar-refractivity contribution in [3.63, 3.8) is 0 Å². The van der Waals surface area contributed by atoms with E-state index in [4.69, 9.17) is 0 Å². The summed E-state index contributed by atoms with van der Waals surface area (Å²) < 4.78 is 29.7. The van der Waals surface area contributed by atoms with Gasteiger partial charge in [0, 0.05) is 44.3 Å². The van der Waals surface area contributed by atoms with E-state index in [1.54, 1.807) is 11.0 Å². The molecule has 2 N–H and O–H groups in total. The highest BCUT2D eigenvalue weighted by molar-refractivity contribution is 6.27. The topological polar surface area (TPSA) is 81.8 Å². The van der Waals surface area contributed by atoms with Crippen LogP contribution in [-0.4, -0.2) is 66.7 Å². The molecule has 0 radical (unpaired) electrons. The van der Waals surface area contributed by atoms with E-state index in [0.717, 1.165) is 6.42 Å². The number of amides is 1. The van der Waals surface area contributed by atoms with E-state index in [1.165, 1.54) is 0 Å². The van der Waals surface area contributed by atoms with Gasteiger partial charge in [-0.05, 0) is 30.9 Å². The molecule has 5 aliphatic heterocycles. The summed E-state index contributed by atoms with van der Waals surface area (Å²) in [4.78, 5) is 38.4. The molecule has 1 amide bonds. The Morgan fingerprint density at radius 3 is 2.52 bits per heavy atom. The predicted octanol–water partition coefficient (Wildman–Crippen LogP) is 0.360. The van der Waals surface area contributed by atoms with Gasteiger partial charge in [0.05, 0.1) is 17.3 Å². The van der Waals surface area contributed by atoms with Crippen LogP contribution in [-0.2, 0) is 16.1 Å². The highest BCUT2D eigenvalue weighted by atomic mass is 19.2. The fraction of sp³-hybridized carbons (Fsp3) is 0.550. The fourth-order valence-electron chi connectivity index (χ4n) is 5.09. The second kappa shape index (κ2) is 6.84. The average molecular weight is 404 g/mol. The van der Waals surface area contributed by atoms with Gasteiger partial charge in [-0.25, -0.2) is 8.78 Å². The zero-order chi connectivity index (χ0) is 20.3. The minimum absolute atomic E-state index is 0.183. The summed E-state index contributed by atoms with van der Waals surface area (Å²) in [5.41, 5.74) is 0.547. The normalized spacial score (nSPS) is 30.8. The SMILES string of the molecule is O=CC(=O)C1CCC(N2Cc3cc(N4CC5CC(C4)N5)c(F)c(F)c3C2=O)CN1. The molecule has 1 aromatic rings. The van der Waals surface area contributed by atoms with E-state index in [1.807, 2.05) is 4.90 Å². The number of piperazine rings is 1. The number of piperidine rings is 2. The minimum Gasteiger partial charge on any atom is -0.366 e. The van der Waals surface area contributed by atoms with Crippen molar-refractivity contribution in [1.29, 1.82) is 0 Å². The molecule has 4 saturated heterocycles. The van der Waals surface area contributed by atoms with Crippen LogP contribution in [0.3, 0.4) is 0 Å². The first-order chi connectivity index (χ1) is 14.0. The molecular formula is C20H22F2N4O3. The number of carbonyl (C=O) groups excluding carboxylic acids is 3. The first kappa shape index (κ1) is 18.6. The van der Waals surface area contributed by atoms with Crippen molar-refractivity contribution in [2.24, 2.45) is 0 Å². The molecule has 4 fully saturated rings. The summed E-state index contributed by atoms with van der Waals surface area (Å²) in [6, 6.07) is 1.45. The zero-order valence-electron chi connectivity index (χ0n) is 15.8. The molecule has 7 nitrogen and oxygen atoms in total. The van der Waals surface area contributed by atoms with Crippen LogP contribution >= 0.6 is 0 Å². The number of ketones is 1. The van der Waals surface area contributed by atoms with Crippen molar-refractivity contribution in [3.05, 3.63) is 28.8 Å². The molecule has 5 aliphatic rings. The molecule has 0 saturated carbocycles. The number of aldehydes is 1. The molecule has 9 heteroatoms. The van der Waals surface area contributed by atoms with Gasteiger partial charge in [-0.3, -0.25) is 14.4 Å². The highest BCUT2D eigenvalue weighted by Crippen LogP contribution is 2.36. The van der Waals surface area contributed by atoms with Gasteiger partial charge in [-0.15, -0.1) is 0 Å². The number of halogens is 2. The van der Waals surface area contributed by atoms with Crippen LogP contribution in [0.25, 0.3) is 0 Å². The summed E-state index contributed by atoms with van der Waals surface area (Å²) in [7, 11) is 0. The third kappa shape index (κ3) is 2.95. The van der Waals surface area contributed by atoms with Crippen molar-refractivity contribution >= 4 is 23.7 Å². The largest absolute Gasteiger partial charge is 0.366 e. The summed E-state index contributed by atoms with van der Waals surface area (Å²) in [6.07, 6.45) is 2.30. The van der Waals surface area contributed by atoms with Crippen molar-refractivity contribution in [2.75, 3.05) is 24.5 Å². The number of nitrogens with zero attached hydrogens (tertiary/aromatic N) is 2. The summed E-state index contributed by atoms with van der Waals surface area (Å²) in [5.74, 6) is -3.06. The summed E-state index contributed by atoms with van der Waals surface area (Å²) in [5, 5.41) is 6.35. The molecule has 29 heavy (non-hydrogen) atoms. The van der Waals surface area contributed by atoms with Crippen LogP contribution in [0.5, 0.6) is 0 Å². The van der Waals surface area contributed by atoms with Crippen molar-refractivity contribution in [2.45, 2.75) is 50.0 Å². The maximum absolute atomic E-state index is 14.9. The molecule has 6 rings (SSSR count). The number of fused-ring (bicyclic) bond motifs is 3. The maximum atomic E-state index is 14.9. The zero-order valence-corrected chi connectivity index (χ0v) is 15.8. The van der Waals surface area contributed by atoms with Crippen LogP contribution in [0.15, 0.2) is 6.07 Å². The molecule has 4 atom stereocenters. The molecule has 0 aromatic heterocycles. The Hall–Kier alpha value is -2.39. The Labute approximate surface area is 166 Å². The van der Waals surface area contributed by atoms with Crippen LogP contribution in [0, 0.1) is 11.6 Å². The summed E-state index contributed by atoms with van der Waals surface area (Å²) in [6.45, 7) is 1.81. The Morgan fingerprint density at radius 2 is 1.90 bits per heavy atom. The Kier molecular flexibility index (Phi) is 4.40. The van der Waals surface area contributed by atoms with Gasteiger partial charge in [0.25, 0.3) is 5.91 Å². The third-order valence-corrected chi connectivity index (χ3v) is 6.64. The van der Waals surface area contributed by atoms with E-state index < -0.39 is 29.4 Å². The molecular weight excluding hydrogens is 382 g/mol. The van der Waals surface area contributed by atoms with E-state index in [-0.39, 0.29) is 23.8 Å². The Morgan fingerprint density at radius 1 is 1.17 bits per heavy atom. The number of benzene rings is 1. The van der Waals surface area contributed by atoms with Crippen LogP contribution < -0.4 is 15.5 Å². The molecule has 5 heterocycles. The van der Waals surface area contributed by atoms with Gasteiger partial charge in [0.2, 0.25) is 5.78 Å². The second-order valence-corrected chi connectivity index (χ2v) is 8.40. The minimum atomic E-state index is -1.07. The number of Topliss-reactive ketones (excluding diaryl/α,β-unsaturated/α-hetero) is 1. The lowest BCUT2D eigenvalue weighted by Crippen LogP contribution is -2.67. The van der Waals surface area contributed by atoms with Gasteiger partial charge in [-0.1, -0.05) is 0 Å². The Balaban J connectivity index is 1.36. The third-order valence-electron chi connectivity index (χ3n) is 6.64. The van der Waals surface area contributed by atoms with E-state index >= 15 is 0 Å². The molecule has 2 bridgehead atoms. The quantitative estimate of drug-likeness (QED) is 0.557. The van der Waals surface area contributed by atoms with Crippen LogP contribution in [0.1, 0.15) is 35.2 Å². The summed E-state index contributed by atoms with van der Waals surface area (Å²) >= 11 is 0. The van der Waals surface area contributed by atoms with E-state index in [9.17, 15) is 23.2 Å². The standard InChI is InChI=1S/C20H22F2N4O3/c21-18-15(25-7-11-4-12(8-25)24-11)3-10-6-26(20(29)17(10)19(18)22)13-1-2-14(23-5-13)16(28)9-27/h3,9,11-14,23-24H,1-2,4-8H2. The first-order valence-electron chi connectivity index (χ1n) is 10.0. The van der Waals surface area contributed by atoms with Crippen LogP contribution in [0.2, 0.25) is 0 Å². The monoisotopic (exact) mass is 404 g/mol. The lowest BCUT2D eigenvalue weighted by atomic mass is 9.90. The second-order valence-electron chi connectivity index (χ2n) is 8.40. The maximum Gasteiger partial charge on any atom is 0.257 e. The Bertz CT molecular complexity index is 884. The van der Waals surface area contributed by atoms with Gasteiger partial charge in [-0.2, -0.15) is 0 Å². The van der Waals surface area contributed by atoms with Gasteiger partial charge < -0.3 is 20.4 Å². The smallest absolute Gasteiger partial charge is 0.257 e. The number of carbonyl (C=O) groups is 3. The predicted molar refractivity (Wildman–Crippen MR) is 99.7 cm³/mol. The number of hydrogen-bond donors (Lipinski definition) is 2. The van der Waals surface area contributed by atoms with Gasteiger partial charge in [0.1, 0.15) is 0 Å². The van der Waals surface area contributed by atoms with Gasteiger partial charge in [0.15, 0.2) is 17.9 Å². The fourth-order valence-corrected chi connectivity index (χ4v) is 5.09. The van der Waals surface area contributed by atoms with Crippen LogP contribution in [0.4, 0.5) is 14.5 Å². The van der Waals surface area contributed by atoms with Gasteiger partial charge >= 0.3 is 0 Å². The lowest BCUT2D eigenvalue weighted by Gasteiger charge is -2.49. The number of hydrogen-bond acceptors (Lipinski definition) is 6. The van der Waals surface area contributed by atoms with E-state index in [2.05, 4.69) is 10.6 Å². The number of rotatable bonds is 4. The van der Waals surface area contributed by atoms with Crippen molar-refractivity contribution in [3.8, 4) is 0 Å². The number of anilines is 1. The van der Waals surface area contributed by atoms with Crippen molar-refractivity contribution in [1.82, 2.24) is 15.5 Å². The first-order valence-corrected chi connectivity index (χ1v) is 10.0. The lowest BCUT2D eigenvalue weighted by molar-refractivity contribution is -0.131. The molecule has 4 unspecified atom stereocenters. The molecule has 0 spiro atoms. The molecule has 154 valence electrons. The van der Waals surface area contributed by atoms with E-state index in [0.29, 0.717) is 56.4 Å². The highest BCUT2D eigenvalue weighted by Gasteiger charge is 2.42. The van der Waals surface area contributed by atoms with Crippen molar-refractivity contribution < 1.29 is 23.2 Å².